The quantitative estimate of drug-likeness (QED) is 0.590. The summed E-state index contributed by atoms with van der Waals surface area (Å²) in [6.07, 6.45) is 0.629. The average molecular weight is 395 g/mol. The SMILES string of the molecule is COc1ccc(C2CC(C(=O)NCc3nc4ccccc4n3C)NN2)cc1OC. The van der Waals surface area contributed by atoms with Gasteiger partial charge in [0.1, 0.15) is 11.9 Å². The number of para-hydroxylation sites is 2. The number of amides is 1. The molecule has 0 saturated carbocycles. The third-order valence-corrected chi connectivity index (χ3v) is 5.33. The van der Waals surface area contributed by atoms with Crippen molar-refractivity contribution in [1.29, 1.82) is 0 Å². The molecule has 2 heterocycles. The third kappa shape index (κ3) is 3.76. The average Bonchev–Trinajstić information content (AvgIpc) is 3.37. The van der Waals surface area contributed by atoms with Crippen molar-refractivity contribution in [2.24, 2.45) is 7.05 Å². The van der Waals surface area contributed by atoms with Gasteiger partial charge in [-0.25, -0.2) is 15.8 Å². The van der Waals surface area contributed by atoms with E-state index in [0.29, 0.717) is 24.5 Å². The maximum absolute atomic E-state index is 12.7. The Morgan fingerprint density at radius 2 is 1.97 bits per heavy atom. The number of aryl methyl sites for hydroxylation is 1. The molecule has 1 aromatic heterocycles. The van der Waals surface area contributed by atoms with E-state index < -0.39 is 0 Å². The van der Waals surface area contributed by atoms with Crippen molar-refractivity contribution in [3.05, 3.63) is 53.9 Å². The van der Waals surface area contributed by atoms with E-state index >= 15 is 0 Å². The first-order chi connectivity index (χ1) is 14.1. The van der Waals surface area contributed by atoms with Gasteiger partial charge in [0.05, 0.1) is 31.8 Å². The van der Waals surface area contributed by atoms with Gasteiger partial charge in [0.25, 0.3) is 0 Å². The second kappa shape index (κ2) is 8.10. The van der Waals surface area contributed by atoms with Crippen LogP contribution in [0.25, 0.3) is 11.0 Å². The number of methoxy groups -OCH3 is 2. The van der Waals surface area contributed by atoms with Crippen LogP contribution in [0.5, 0.6) is 11.5 Å². The molecule has 1 aliphatic rings. The molecule has 8 heteroatoms. The summed E-state index contributed by atoms with van der Waals surface area (Å²) in [7, 11) is 5.18. The van der Waals surface area contributed by atoms with Crippen LogP contribution in [0.2, 0.25) is 0 Å². The van der Waals surface area contributed by atoms with Crippen molar-refractivity contribution in [2.75, 3.05) is 14.2 Å². The van der Waals surface area contributed by atoms with Crippen LogP contribution in [0, 0.1) is 0 Å². The van der Waals surface area contributed by atoms with Crippen molar-refractivity contribution in [1.82, 2.24) is 25.7 Å². The number of carbonyl (C=O) groups excluding carboxylic acids is 1. The summed E-state index contributed by atoms with van der Waals surface area (Å²) in [4.78, 5) is 17.2. The summed E-state index contributed by atoms with van der Waals surface area (Å²) in [6.45, 7) is 0.378. The minimum atomic E-state index is -0.331. The molecule has 29 heavy (non-hydrogen) atoms. The Bertz CT molecular complexity index is 1030. The molecule has 3 aromatic rings. The van der Waals surface area contributed by atoms with E-state index in [1.165, 1.54) is 0 Å². The number of aromatic nitrogens is 2. The van der Waals surface area contributed by atoms with Crippen LogP contribution in [-0.2, 0) is 18.4 Å². The Hall–Kier alpha value is -3.10. The molecule has 2 aromatic carbocycles. The van der Waals surface area contributed by atoms with Crippen LogP contribution in [0.15, 0.2) is 42.5 Å². The van der Waals surface area contributed by atoms with Gasteiger partial charge in [0.2, 0.25) is 5.91 Å². The fraction of sp³-hybridized carbons (Fsp3) is 0.333. The van der Waals surface area contributed by atoms with E-state index in [-0.39, 0.29) is 18.0 Å². The molecule has 1 saturated heterocycles. The number of hydrazine groups is 1. The van der Waals surface area contributed by atoms with E-state index in [9.17, 15) is 4.79 Å². The molecule has 0 spiro atoms. The molecule has 4 rings (SSSR count). The van der Waals surface area contributed by atoms with Crippen LogP contribution >= 0.6 is 0 Å². The Morgan fingerprint density at radius 1 is 1.17 bits per heavy atom. The van der Waals surface area contributed by atoms with E-state index in [0.717, 1.165) is 22.4 Å². The maximum atomic E-state index is 12.7. The highest BCUT2D eigenvalue weighted by molar-refractivity contribution is 5.82. The summed E-state index contributed by atoms with van der Waals surface area (Å²) in [5, 5.41) is 2.99. The zero-order valence-corrected chi connectivity index (χ0v) is 16.7. The van der Waals surface area contributed by atoms with Gasteiger partial charge in [0.15, 0.2) is 11.5 Å². The van der Waals surface area contributed by atoms with Crippen molar-refractivity contribution >= 4 is 16.9 Å². The number of imidazole rings is 1. The summed E-state index contributed by atoms with van der Waals surface area (Å²) < 4.78 is 12.7. The number of carbonyl (C=O) groups is 1. The van der Waals surface area contributed by atoms with Gasteiger partial charge in [-0.1, -0.05) is 18.2 Å². The minimum absolute atomic E-state index is 0.00121. The van der Waals surface area contributed by atoms with Gasteiger partial charge in [-0.15, -0.1) is 0 Å². The standard InChI is InChI=1S/C21H25N5O3/c1-26-17-7-5-4-6-14(17)23-20(26)12-22-21(27)16-11-15(24-25-16)13-8-9-18(28-2)19(10-13)29-3/h4-10,15-16,24-25H,11-12H2,1-3H3,(H,22,27). The maximum Gasteiger partial charge on any atom is 0.238 e. The zero-order chi connectivity index (χ0) is 20.4. The number of benzene rings is 2. The number of hydrogen-bond acceptors (Lipinski definition) is 6. The fourth-order valence-electron chi connectivity index (χ4n) is 3.66. The normalized spacial score (nSPS) is 18.7. The van der Waals surface area contributed by atoms with Gasteiger partial charge < -0.3 is 19.4 Å². The largest absolute Gasteiger partial charge is 0.493 e. The molecular formula is C21H25N5O3. The van der Waals surface area contributed by atoms with Gasteiger partial charge in [0, 0.05) is 13.1 Å². The van der Waals surface area contributed by atoms with E-state index in [1.807, 2.05) is 54.1 Å². The molecular weight excluding hydrogens is 370 g/mol. The molecule has 1 fully saturated rings. The van der Waals surface area contributed by atoms with Gasteiger partial charge in [-0.05, 0) is 36.2 Å². The summed E-state index contributed by atoms with van der Waals surface area (Å²) in [6, 6.07) is 13.4. The number of fused-ring (bicyclic) bond motifs is 1. The molecule has 1 aliphatic heterocycles. The molecule has 0 bridgehead atoms. The Balaban J connectivity index is 1.38. The second-order valence-corrected chi connectivity index (χ2v) is 7.04. The first-order valence-corrected chi connectivity index (χ1v) is 9.51. The third-order valence-electron chi connectivity index (χ3n) is 5.33. The van der Waals surface area contributed by atoms with Gasteiger partial charge in [-0.3, -0.25) is 4.79 Å². The summed E-state index contributed by atoms with van der Waals surface area (Å²) in [5.41, 5.74) is 9.28. The highest BCUT2D eigenvalue weighted by atomic mass is 16.5. The van der Waals surface area contributed by atoms with E-state index in [2.05, 4.69) is 21.2 Å². The topological polar surface area (TPSA) is 89.4 Å². The van der Waals surface area contributed by atoms with Crippen LogP contribution < -0.4 is 25.6 Å². The molecule has 0 aliphatic carbocycles. The lowest BCUT2D eigenvalue weighted by Gasteiger charge is -2.13. The van der Waals surface area contributed by atoms with Crippen LogP contribution in [0.1, 0.15) is 23.9 Å². The Kier molecular flexibility index (Phi) is 5.37. The zero-order valence-electron chi connectivity index (χ0n) is 16.7. The van der Waals surface area contributed by atoms with Crippen LogP contribution in [-0.4, -0.2) is 35.7 Å². The second-order valence-electron chi connectivity index (χ2n) is 7.04. The smallest absolute Gasteiger partial charge is 0.238 e. The number of rotatable bonds is 6. The first kappa shape index (κ1) is 19.2. The van der Waals surface area contributed by atoms with Crippen molar-refractivity contribution in [3.8, 4) is 11.5 Å². The minimum Gasteiger partial charge on any atom is -0.493 e. The number of nitrogens with one attached hydrogen (secondary N) is 3. The molecule has 1 amide bonds. The molecule has 2 unspecified atom stereocenters. The van der Waals surface area contributed by atoms with Crippen molar-refractivity contribution in [2.45, 2.75) is 25.0 Å². The molecule has 3 N–H and O–H groups in total. The fourth-order valence-corrected chi connectivity index (χ4v) is 3.66. The molecule has 8 nitrogen and oxygen atoms in total. The van der Waals surface area contributed by atoms with Crippen LogP contribution in [0.3, 0.4) is 0 Å². The van der Waals surface area contributed by atoms with Gasteiger partial charge in [-0.2, -0.15) is 0 Å². The van der Waals surface area contributed by atoms with Crippen molar-refractivity contribution in [3.63, 3.8) is 0 Å². The Morgan fingerprint density at radius 3 is 2.72 bits per heavy atom. The number of hydrogen-bond donors (Lipinski definition) is 3. The highest BCUT2D eigenvalue weighted by Gasteiger charge is 2.30. The number of ether oxygens (including phenoxy) is 2. The highest BCUT2D eigenvalue weighted by Crippen LogP contribution is 2.32. The molecule has 2 atom stereocenters. The van der Waals surface area contributed by atoms with Crippen LogP contribution in [0.4, 0.5) is 0 Å². The van der Waals surface area contributed by atoms with Crippen molar-refractivity contribution < 1.29 is 14.3 Å². The van der Waals surface area contributed by atoms with E-state index in [1.54, 1.807) is 14.2 Å². The predicted molar refractivity (Wildman–Crippen MR) is 110 cm³/mol. The lowest BCUT2D eigenvalue weighted by Crippen LogP contribution is -2.43. The number of nitrogens with zero attached hydrogens (tertiary/aromatic N) is 2. The monoisotopic (exact) mass is 395 g/mol. The first-order valence-electron chi connectivity index (χ1n) is 9.51. The molecule has 152 valence electrons. The summed E-state index contributed by atoms with van der Waals surface area (Å²) >= 11 is 0. The predicted octanol–water partition coefficient (Wildman–Crippen LogP) is 1.81. The van der Waals surface area contributed by atoms with Gasteiger partial charge >= 0.3 is 0 Å². The lowest BCUT2D eigenvalue weighted by molar-refractivity contribution is -0.123. The summed E-state index contributed by atoms with van der Waals surface area (Å²) in [5.74, 6) is 2.11. The Labute approximate surface area is 169 Å². The van der Waals surface area contributed by atoms with E-state index in [4.69, 9.17) is 9.47 Å². The lowest BCUT2D eigenvalue weighted by atomic mass is 10.0. The molecule has 0 radical (unpaired) electrons.